The Bertz CT molecular complexity index is 1740. The highest BCUT2D eigenvalue weighted by molar-refractivity contribution is 5.96. The zero-order valence-corrected chi connectivity index (χ0v) is 23.2. The van der Waals surface area contributed by atoms with Gasteiger partial charge in [-0.1, -0.05) is 24.3 Å². The van der Waals surface area contributed by atoms with Gasteiger partial charge in [0.25, 0.3) is 5.91 Å². The molecule has 1 fully saturated rings. The van der Waals surface area contributed by atoms with Crippen LogP contribution in [0.5, 0.6) is 5.75 Å². The van der Waals surface area contributed by atoms with Crippen molar-refractivity contribution in [1.82, 2.24) is 10.3 Å². The van der Waals surface area contributed by atoms with E-state index in [0.717, 1.165) is 54.2 Å². The summed E-state index contributed by atoms with van der Waals surface area (Å²) >= 11 is 0. The molecule has 214 valence electrons. The van der Waals surface area contributed by atoms with E-state index in [-0.39, 0.29) is 23.2 Å². The van der Waals surface area contributed by atoms with Gasteiger partial charge in [0.2, 0.25) is 0 Å². The second-order valence-corrected chi connectivity index (χ2v) is 11.0. The standard InChI is InChI=1S/C34H32F2N4O2/c1-20-14-22(27-8-7-26(19-29(27)36)40-12-10-25(37)11-13-40)16-23(15-20)34(42)39-33(28-18-24(35)6-9-32(28)41)31-17-21-4-2-3-5-30(21)38-31/h2-9,14-19,25,33,38,41H,10-13,37H2,1H3,(H,39,42). The van der Waals surface area contributed by atoms with Crippen molar-refractivity contribution < 1.29 is 18.7 Å². The smallest absolute Gasteiger partial charge is 0.252 e. The molecule has 1 unspecified atom stereocenters. The van der Waals surface area contributed by atoms with Gasteiger partial charge in [0.05, 0.1) is 6.04 Å². The minimum absolute atomic E-state index is 0.150. The second kappa shape index (κ2) is 11.3. The molecule has 1 atom stereocenters. The number of aryl methyl sites for hydroxylation is 1. The molecule has 2 heterocycles. The molecule has 6 rings (SSSR count). The summed E-state index contributed by atoms with van der Waals surface area (Å²) in [5.74, 6) is -1.51. The van der Waals surface area contributed by atoms with Crippen LogP contribution >= 0.6 is 0 Å². The van der Waals surface area contributed by atoms with Crippen molar-refractivity contribution in [3.63, 3.8) is 0 Å². The van der Waals surface area contributed by atoms with Crippen molar-refractivity contribution in [2.45, 2.75) is 31.8 Å². The molecule has 0 bridgehead atoms. The lowest BCUT2D eigenvalue weighted by atomic mass is 9.97. The molecule has 5 aromatic rings. The molecule has 1 aliphatic heterocycles. The molecular weight excluding hydrogens is 534 g/mol. The normalized spacial score (nSPS) is 14.7. The first-order valence-corrected chi connectivity index (χ1v) is 14.0. The van der Waals surface area contributed by atoms with E-state index in [2.05, 4.69) is 15.2 Å². The highest BCUT2D eigenvalue weighted by Crippen LogP contribution is 2.33. The van der Waals surface area contributed by atoms with Crippen LogP contribution in [0.4, 0.5) is 14.5 Å². The molecule has 8 heteroatoms. The van der Waals surface area contributed by atoms with Crippen molar-refractivity contribution >= 4 is 22.5 Å². The maximum Gasteiger partial charge on any atom is 0.252 e. The number of hydrogen-bond donors (Lipinski definition) is 4. The fourth-order valence-corrected chi connectivity index (χ4v) is 5.71. The lowest BCUT2D eigenvalue weighted by Gasteiger charge is -2.32. The molecule has 5 N–H and O–H groups in total. The van der Waals surface area contributed by atoms with Gasteiger partial charge in [-0.3, -0.25) is 4.79 Å². The molecule has 1 aliphatic rings. The Morgan fingerprint density at radius 2 is 1.79 bits per heavy atom. The Balaban J connectivity index is 1.32. The lowest BCUT2D eigenvalue weighted by molar-refractivity contribution is 0.0942. The number of hydrogen-bond acceptors (Lipinski definition) is 4. The number of aromatic nitrogens is 1. The topological polar surface area (TPSA) is 94.4 Å². The van der Waals surface area contributed by atoms with E-state index in [9.17, 15) is 14.3 Å². The van der Waals surface area contributed by atoms with Crippen LogP contribution in [0.15, 0.2) is 84.9 Å². The fourth-order valence-electron chi connectivity index (χ4n) is 5.71. The number of phenols is 1. The molecule has 4 aromatic carbocycles. The minimum Gasteiger partial charge on any atom is -0.508 e. The lowest BCUT2D eigenvalue weighted by Crippen LogP contribution is -2.39. The summed E-state index contributed by atoms with van der Waals surface area (Å²) in [6, 6.07) is 22.8. The maximum absolute atomic E-state index is 15.4. The molecule has 42 heavy (non-hydrogen) atoms. The molecule has 1 amide bonds. The molecule has 6 nitrogen and oxygen atoms in total. The number of nitrogens with two attached hydrogens (primary N) is 1. The number of aromatic hydroxyl groups is 1. The van der Waals surface area contributed by atoms with E-state index in [1.165, 1.54) is 18.2 Å². The average molecular weight is 567 g/mol. The van der Waals surface area contributed by atoms with Crippen molar-refractivity contribution in [3.8, 4) is 16.9 Å². The average Bonchev–Trinajstić information content (AvgIpc) is 3.41. The van der Waals surface area contributed by atoms with Crippen LogP contribution < -0.4 is 16.0 Å². The van der Waals surface area contributed by atoms with Crippen LogP contribution in [0, 0.1) is 18.6 Å². The number of para-hydroxylation sites is 1. The highest BCUT2D eigenvalue weighted by Gasteiger charge is 2.24. The van der Waals surface area contributed by atoms with Crippen molar-refractivity contribution in [2.24, 2.45) is 5.73 Å². The van der Waals surface area contributed by atoms with Crippen molar-refractivity contribution in [3.05, 3.63) is 119 Å². The number of halogens is 2. The number of carbonyl (C=O) groups is 1. The predicted molar refractivity (Wildman–Crippen MR) is 162 cm³/mol. The molecule has 0 saturated carbocycles. The first-order valence-electron chi connectivity index (χ1n) is 14.0. The van der Waals surface area contributed by atoms with Crippen LogP contribution in [0.3, 0.4) is 0 Å². The zero-order chi connectivity index (χ0) is 29.4. The van der Waals surface area contributed by atoms with Gasteiger partial charge in [-0.25, -0.2) is 8.78 Å². The minimum atomic E-state index is -0.877. The summed E-state index contributed by atoms with van der Waals surface area (Å²) in [6.07, 6.45) is 1.74. The van der Waals surface area contributed by atoms with Crippen LogP contribution in [-0.4, -0.2) is 35.1 Å². The number of nitrogens with one attached hydrogen (secondary N) is 2. The van der Waals surface area contributed by atoms with Crippen molar-refractivity contribution in [2.75, 3.05) is 18.0 Å². The van der Waals surface area contributed by atoms with Gasteiger partial charge in [-0.15, -0.1) is 0 Å². The monoisotopic (exact) mass is 566 g/mol. The largest absolute Gasteiger partial charge is 0.508 e. The number of carbonyl (C=O) groups excluding carboxylic acids is 1. The second-order valence-electron chi connectivity index (χ2n) is 11.0. The van der Waals surface area contributed by atoms with Crippen LogP contribution in [-0.2, 0) is 0 Å². The Morgan fingerprint density at radius 1 is 1.00 bits per heavy atom. The first-order chi connectivity index (χ1) is 20.2. The molecule has 1 saturated heterocycles. The summed E-state index contributed by atoms with van der Waals surface area (Å²) in [5, 5.41) is 14.5. The molecular formula is C34H32F2N4O2. The van der Waals surface area contributed by atoms with E-state index in [1.807, 2.05) is 49.4 Å². The van der Waals surface area contributed by atoms with Gasteiger partial charge in [0.1, 0.15) is 17.4 Å². The van der Waals surface area contributed by atoms with E-state index in [1.54, 1.807) is 18.2 Å². The van der Waals surface area contributed by atoms with Crippen LogP contribution in [0.25, 0.3) is 22.0 Å². The van der Waals surface area contributed by atoms with Gasteiger partial charge < -0.3 is 26.0 Å². The van der Waals surface area contributed by atoms with E-state index >= 15 is 4.39 Å². The maximum atomic E-state index is 15.4. The van der Waals surface area contributed by atoms with E-state index < -0.39 is 17.8 Å². The fraction of sp³-hybridized carbons (Fsp3) is 0.206. The number of H-pyrrole nitrogens is 1. The number of nitrogens with zero attached hydrogens (tertiary/aromatic N) is 1. The first kappa shape index (κ1) is 27.5. The number of benzene rings is 4. The number of piperidine rings is 1. The summed E-state index contributed by atoms with van der Waals surface area (Å²) < 4.78 is 29.8. The van der Waals surface area contributed by atoms with E-state index in [4.69, 9.17) is 5.73 Å². The molecule has 1 aromatic heterocycles. The number of amides is 1. The highest BCUT2D eigenvalue weighted by atomic mass is 19.1. The number of aromatic amines is 1. The molecule has 0 spiro atoms. The summed E-state index contributed by atoms with van der Waals surface area (Å²) in [4.78, 5) is 19.1. The van der Waals surface area contributed by atoms with Gasteiger partial charge in [-0.05, 0) is 96.9 Å². The summed E-state index contributed by atoms with van der Waals surface area (Å²) in [5.41, 5.74) is 10.5. The molecule has 0 aliphatic carbocycles. The predicted octanol–water partition coefficient (Wildman–Crippen LogP) is 6.57. The number of fused-ring (bicyclic) bond motifs is 1. The Kier molecular flexibility index (Phi) is 7.39. The zero-order valence-electron chi connectivity index (χ0n) is 23.2. The Labute approximate surface area is 242 Å². The van der Waals surface area contributed by atoms with Gasteiger partial charge >= 0.3 is 0 Å². The quantitative estimate of drug-likeness (QED) is 0.187. The third-order valence-corrected chi connectivity index (χ3v) is 7.95. The van der Waals surface area contributed by atoms with Gasteiger partial charge in [-0.2, -0.15) is 0 Å². The van der Waals surface area contributed by atoms with Crippen molar-refractivity contribution in [1.29, 1.82) is 0 Å². The molecule has 0 radical (unpaired) electrons. The number of phenolic OH excluding ortho intramolecular Hbond substituents is 1. The van der Waals surface area contributed by atoms with Crippen LogP contribution in [0.1, 0.15) is 46.1 Å². The number of anilines is 1. The third kappa shape index (κ3) is 5.58. The van der Waals surface area contributed by atoms with Gasteiger partial charge in [0.15, 0.2) is 0 Å². The number of rotatable bonds is 6. The van der Waals surface area contributed by atoms with E-state index in [0.29, 0.717) is 22.4 Å². The Morgan fingerprint density at radius 3 is 2.55 bits per heavy atom. The SMILES string of the molecule is Cc1cc(C(=O)NC(c2cc3ccccc3[nH]2)c2cc(F)ccc2O)cc(-c2ccc(N3CCC(N)CC3)cc2F)c1. The van der Waals surface area contributed by atoms with Gasteiger partial charge in [0, 0.05) is 52.7 Å². The summed E-state index contributed by atoms with van der Waals surface area (Å²) in [6.45, 7) is 3.41. The summed E-state index contributed by atoms with van der Waals surface area (Å²) in [7, 11) is 0. The third-order valence-electron chi connectivity index (χ3n) is 7.95. The Hall–Kier alpha value is -4.69. The van der Waals surface area contributed by atoms with Crippen LogP contribution in [0.2, 0.25) is 0 Å².